The molecule has 44 heavy (non-hydrogen) atoms. The third-order valence-electron chi connectivity index (χ3n) is 7.82. The Labute approximate surface area is 248 Å². The number of halogens is 4. The lowest BCUT2D eigenvalue weighted by atomic mass is 9.90. The maximum Gasteiger partial charge on any atom is 0.429 e. The van der Waals surface area contributed by atoms with E-state index in [9.17, 15) is 27.2 Å². The van der Waals surface area contributed by atoms with Crippen molar-refractivity contribution in [1.82, 2.24) is 29.5 Å². The summed E-state index contributed by atoms with van der Waals surface area (Å²) >= 11 is 0. The van der Waals surface area contributed by atoms with Gasteiger partial charge >= 0.3 is 6.18 Å². The largest absolute Gasteiger partial charge is 0.476 e. The molecule has 3 aromatic heterocycles. The molecule has 9 nitrogen and oxygen atoms in total. The zero-order valence-corrected chi connectivity index (χ0v) is 23.5. The second-order valence-electron chi connectivity index (χ2n) is 10.6. The van der Waals surface area contributed by atoms with Crippen molar-refractivity contribution in [3.05, 3.63) is 100 Å². The number of fused-ring (bicyclic) bond motifs is 1. The molecule has 0 aliphatic carbocycles. The van der Waals surface area contributed by atoms with Crippen LogP contribution in [0.3, 0.4) is 0 Å². The number of aromatic nitrogens is 5. The number of carbonyl (C=O) groups is 1. The van der Waals surface area contributed by atoms with Crippen LogP contribution in [0.1, 0.15) is 34.6 Å². The van der Waals surface area contributed by atoms with Crippen LogP contribution in [0.5, 0.6) is 5.75 Å². The van der Waals surface area contributed by atoms with Gasteiger partial charge in [-0.1, -0.05) is 30.3 Å². The molecule has 1 fully saturated rings. The SMILES string of the molecule is Cc1nccnc1-c1[nH]n2c(=O)cc(-c3ccc(O[C@H](c4ccccc4)C(F)(F)F)cc3)nc2c1C(=O)N1C[C@H](CF)[C@@H]1C. The number of likely N-dealkylation sites (tertiary alicyclic amines) is 1. The lowest BCUT2D eigenvalue weighted by molar-refractivity contribution is -0.198. The normalized spacial score (nSPS) is 17.4. The quantitative estimate of drug-likeness (QED) is 0.243. The predicted octanol–water partition coefficient (Wildman–Crippen LogP) is 5.57. The van der Waals surface area contributed by atoms with Gasteiger partial charge in [-0.2, -0.15) is 13.2 Å². The third-order valence-corrected chi connectivity index (χ3v) is 7.82. The van der Waals surface area contributed by atoms with Crippen LogP contribution in [0.25, 0.3) is 28.3 Å². The maximum atomic E-state index is 13.9. The first-order valence-electron chi connectivity index (χ1n) is 13.8. The molecule has 3 atom stereocenters. The average Bonchev–Trinajstić information content (AvgIpc) is 3.39. The minimum atomic E-state index is -4.66. The van der Waals surface area contributed by atoms with Gasteiger partial charge in [0.15, 0.2) is 5.65 Å². The summed E-state index contributed by atoms with van der Waals surface area (Å²) in [6.07, 6.45) is -3.87. The van der Waals surface area contributed by atoms with E-state index in [0.717, 1.165) is 4.52 Å². The van der Waals surface area contributed by atoms with E-state index in [2.05, 4.69) is 20.1 Å². The molecule has 0 unspecified atom stereocenters. The number of ether oxygens (including phenoxy) is 1. The number of benzene rings is 2. The Kier molecular flexibility index (Phi) is 7.39. The first-order valence-corrected chi connectivity index (χ1v) is 13.8. The Bertz CT molecular complexity index is 1890. The van der Waals surface area contributed by atoms with Crippen LogP contribution >= 0.6 is 0 Å². The highest BCUT2D eigenvalue weighted by Crippen LogP contribution is 2.37. The molecule has 0 spiro atoms. The molecule has 6 rings (SSSR count). The highest BCUT2D eigenvalue weighted by atomic mass is 19.4. The molecule has 0 saturated carbocycles. The first kappa shape index (κ1) is 29.0. The molecule has 5 aromatic rings. The number of hydrogen-bond donors (Lipinski definition) is 1. The molecular weight excluding hydrogens is 580 g/mol. The minimum absolute atomic E-state index is 0.0231. The number of nitrogens with one attached hydrogen (secondary N) is 1. The van der Waals surface area contributed by atoms with Crippen molar-refractivity contribution in [2.45, 2.75) is 32.2 Å². The fourth-order valence-electron chi connectivity index (χ4n) is 5.28. The highest BCUT2D eigenvalue weighted by Gasteiger charge is 2.43. The van der Waals surface area contributed by atoms with E-state index < -0.39 is 30.4 Å². The van der Waals surface area contributed by atoms with Crippen molar-refractivity contribution in [2.24, 2.45) is 5.92 Å². The van der Waals surface area contributed by atoms with Gasteiger partial charge in [0.05, 0.1) is 23.8 Å². The molecule has 4 heterocycles. The molecule has 0 bridgehead atoms. The topological polar surface area (TPSA) is 105 Å². The summed E-state index contributed by atoms with van der Waals surface area (Å²) in [5.74, 6) is -0.783. The second kappa shape index (κ2) is 11.2. The summed E-state index contributed by atoms with van der Waals surface area (Å²) in [5, 5.41) is 2.94. The van der Waals surface area contributed by atoms with Gasteiger partial charge in [0.1, 0.15) is 17.0 Å². The zero-order chi connectivity index (χ0) is 31.2. The van der Waals surface area contributed by atoms with Gasteiger partial charge in [-0.15, -0.1) is 0 Å². The van der Waals surface area contributed by atoms with Crippen LogP contribution < -0.4 is 10.3 Å². The number of hydrogen-bond acceptors (Lipinski definition) is 6. The number of aryl methyl sites for hydroxylation is 1. The number of nitrogens with zero attached hydrogens (tertiary/aromatic N) is 5. The van der Waals surface area contributed by atoms with Crippen molar-refractivity contribution in [2.75, 3.05) is 13.2 Å². The Morgan fingerprint density at radius 3 is 2.43 bits per heavy atom. The first-order chi connectivity index (χ1) is 21.1. The van der Waals surface area contributed by atoms with E-state index in [4.69, 9.17) is 4.74 Å². The van der Waals surface area contributed by atoms with Gasteiger partial charge in [0, 0.05) is 48.1 Å². The summed E-state index contributed by atoms with van der Waals surface area (Å²) in [7, 11) is 0. The number of carbonyl (C=O) groups excluding carboxylic acids is 1. The van der Waals surface area contributed by atoms with Crippen molar-refractivity contribution in [3.8, 4) is 28.4 Å². The van der Waals surface area contributed by atoms with E-state index in [1.807, 2.05) is 0 Å². The monoisotopic (exact) mass is 606 g/mol. The standard InChI is InChI=1S/C31H26F4N6O3/c1-17-26(37-13-12-36-17)27-25(30(43)40-16-21(15-32)18(40)2)29-38-23(14-24(42)41(29)39-27)19-8-10-22(11-9-19)44-28(31(33,34)35)20-6-4-3-5-7-20/h3-14,18,21,28,39H,15-16H2,1-2H3/t18-,21-,28+/m0/s1. The van der Waals surface area contributed by atoms with E-state index in [1.54, 1.807) is 19.9 Å². The Morgan fingerprint density at radius 1 is 1.09 bits per heavy atom. The summed E-state index contributed by atoms with van der Waals surface area (Å²) < 4.78 is 61.2. The van der Waals surface area contributed by atoms with Gasteiger partial charge < -0.3 is 9.64 Å². The lowest BCUT2D eigenvalue weighted by Crippen LogP contribution is -2.58. The van der Waals surface area contributed by atoms with Gasteiger partial charge in [-0.25, -0.2) is 9.50 Å². The molecule has 13 heteroatoms. The van der Waals surface area contributed by atoms with Crippen molar-refractivity contribution in [1.29, 1.82) is 0 Å². The highest BCUT2D eigenvalue weighted by molar-refractivity contribution is 6.06. The zero-order valence-electron chi connectivity index (χ0n) is 23.5. The number of H-pyrrole nitrogens is 1. The Balaban J connectivity index is 1.40. The smallest absolute Gasteiger partial charge is 0.429 e. The summed E-state index contributed by atoms with van der Waals surface area (Å²) in [6, 6.07) is 13.9. The number of rotatable bonds is 7. The van der Waals surface area contributed by atoms with Gasteiger partial charge in [-0.05, 0) is 38.1 Å². The van der Waals surface area contributed by atoms with Crippen molar-refractivity contribution >= 4 is 11.6 Å². The maximum absolute atomic E-state index is 13.9. The Hall–Kier alpha value is -5.07. The third kappa shape index (κ3) is 5.18. The number of aromatic amines is 1. The molecule has 1 aliphatic rings. The van der Waals surface area contributed by atoms with Crippen LogP contribution in [0.15, 0.2) is 77.9 Å². The van der Waals surface area contributed by atoms with Crippen molar-refractivity contribution in [3.63, 3.8) is 0 Å². The van der Waals surface area contributed by atoms with E-state index >= 15 is 0 Å². The van der Waals surface area contributed by atoms with Crippen LogP contribution in [-0.4, -0.2) is 60.8 Å². The van der Waals surface area contributed by atoms with Crippen LogP contribution in [0.2, 0.25) is 0 Å². The minimum Gasteiger partial charge on any atom is -0.476 e. The van der Waals surface area contributed by atoms with Crippen LogP contribution in [-0.2, 0) is 0 Å². The summed E-state index contributed by atoms with van der Waals surface area (Å²) in [4.78, 5) is 41.9. The van der Waals surface area contributed by atoms with E-state index in [1.165, 1.54) is 71.9 Å². The second-order valence-corrected chi connectivity index (χ2v) is 10.6. The van der Waals surface area contributed by atoms with Gasteiger partial charge in [0.25, 0.3) is 11.5 Å². The van der Waals surface area contributed by atoms with E-state index in [0.29, 0.717) is 17.0 Å². The van der Waals surface area contributed by atoms with Crippen LogP contribution in [0.4, 0.5) is 17.6 Å². The van der Waals surface area contributed by atoms with Gasteiger partial charge in [0.2, 0.25) is 6.10 Å². The average molecular weight is 607 g/mol. The molecule has 226 valence electrons. The number of alkyl halides is 4. The number of amides is 1. The molecule has 1 saturated heterocycles. The summed E-state index contributed by atoms with van der Waals surface area (Å²) in [5.41, 5.74) is 1.20. The fraction of sp³-hybridized carbons (Fsp3) is 0.258. The van der Waals surface area contributed by atoms with Crippen molar-refractivity contribution < 1.29 is 27.1 Å². The molecule has 1 amide bonds. The summed E-state index contributed by atoms with van der Waals surface area (Å²) in [6.45, 7) is 3.11. The molecule has 1 aliphatic heterocycles. The fourth-order valence-corrected chi connectivity index (χ4v) is 5.28. The molecule has 2 aromatic carbocycles. The molecular formula is C31H26F4N6O3. The van der Waals surface area contributed by atoms with Gasteiger partial charge in [-0.3, -0.25) is 29.0 Å². The Morgan fingerprint density at radius 2 is 1.80 bits per heavy atom. The molecule has 1 N–H and O–H groups in total. The molecule has 0 radical (unpaired) electrons. The predicted molar refractivity (Wildman–Crippen MR) is 153 cm³/mol. The van der Waals surface area contributed by atoms with Crippen LogP contribution in [0, 0.1) is 12.8 Å². The lowest BCUT2D eigenvalue weighted by Gasteiger charge is -2.45. The van der Waals surface area contributed by atoms with E-state index in [-0.39, 0.29) is 52.4 Å².